The summed E-state index contributed by atoms with van der Waals surface area (Å²) in [5.74, 6) is 1.38. The molecule has 0 radical (unpaired) electrons. The molecule has 0 aliphatic rings. The van der Waals surface area contributed by atoms with Gasteiger partial charge in [-0.25, -0.2) is 4.98 Å². The molecule has 0 aliphatic carbocycles. The third-order valence-electron chi connectivity index (χ3n) is 2.99. The Labute approximate surface area is 119 Å². The van der Waals surface area contributed by atoms with Gasteiger partial charge in [-0.3, -0.25) is 4.79 Å². The number of H-pyrrole nitrogens is 1. The fourth-order valence-corrected chi connectivity index (χ4v) is 2.01. The third kappa shape index (κ3) is 4.23. The van der Waals surface area contributed by atoms with E-state index in [0.717, 1.165) is 23.5 Å². The van der Waals surface area contributed by atoms with Crippen molar-refractivity contribution >= 4 is 5.91 Å². The number of carbonyl (C=O) groups is 1. The number of benzene rings is 1. The molecular formula is C16H21N3O. The van der Waals surface area contributed by atoms with Gasteiger partial charge in [0.2, 0.25) is 5.91 Å². The lowest BCUT2D eigenvalue weighted by Crippen LogP contribution is -2.26. The number of imidazole rings is 1. The number of nitrogens with one attached hydrogen (secondary N) is 2. The van der Waals surface area contributed by atoms with Crippen molar-refractivity contribution in [1.29, 1.82) is 0 Å². The second kappa shape index (κ2) is 6.89. The maximum Gasteiger partial charge on any atom is 0.220 e. The van der Waals surface area contributed by atoms with Gasteiger partial charge in [-0.1, -0.05) is 44.2 Å². The van der Waals surface area contributed by atoms with Crippen LogP contribution < -0.4 is 5.32 Å². The van der Waals surface area contributed by atoms with Crippen LogP contribution in [-0.2, 0) is 11.2 Å². The van der Waals surface area contributed by atoms with Crippen molar-refractivity contribution in [3.8, 4) is 11.4 Å². The molecule has 1 heterocycles. The van der Waals surface area contributed by atoms with Crippen LogP contribution in [0.2, 0.25) is 0 Å². The van der Waals surface area contributed by atoms with Crippen molar-refractivity contribution in [2.24, 2.45) is 5.92 Å². The maximum absolute atomic E-state index is 11.5. The summed E-state index contributed by atoms with van der Waals surface area (Å²) in [6.07, 6.45) is 3.18. The molecule has 2 aromatic rings. The van der Waals surface area contributed by atoms with Crippen LogP contribution in [-0.4, -0.2) is 22.4 Å². The van der Waals surface area contributed by atoms with E-state index >= 15 is 0 Å². The van der Waals surface area contributed by atoms with Crippen molar-refractivity contribution in [3.63, 3.8) is 0 Å². The number of hydrogen-bond donors (Lipinski definition) is 2. The van der Waals surface area contributed by atoms with Crippen LogP contribution in [0.15, 0.2) is 36.5 Å². The van der Waals surface area contributed by atoms with E-state index in [4.69, 9.17) is 0 Å². The summed E-state index contributed by atoms with van der Waals surface area (Å²) < 4.78 is 0. The van der Waals surface area contributed by atoms with Gasteiger partial charge in [-0.05, 0) is 5.92 Å². The highest BCUT2D eigenvalue weighted by Gasteiger charge is 2.05. The van der Waals surface area contributed by atoms with E-state index in [1.807, 2.05) is 50.4 Å². The predicted octanol–water partition coefficient (Wildman–Crippen LogP) is 2.78. The lowest BCUT2D eigenvalue weighted by molar-refractivity contribution is -0.121. The van der Waals surface area contributed by atoms with Gasteiger partial charge in [0.05, 0.1) is 0 Å². The zero-order chi connectivity index (χ0) is 14.4. The standard InChI is InChI=1S/C16H21N3O/c1-12(2)10-15(20)17-9-8-14-11-18-16(19-14)13-6-4-3-5-7-13/h3-7,11-12H,8-10H2,1-2H3,(H,17,20)(H,18,19). The normalized spacial score (nSPS) is 10.8. The van der Waals surface area contributed by atoms with Crippen molar-refractivity contribution in [2.75, 3.05) is 6.54 Å². The Hall–Kier alpha value is -2.10. The third-order valence-corrected chi connectivity index (χ3v) is 2.99. The molecule has 106 valence electrons. The van der Waals surface area contributed by atoms with Gasteiger partial charge in [-0.15, -0.1) is 0 Å². The van der Waals surface area contributed by atoms with Gasteiger partial charge in [0, 0.05) is 36.8 Å². The van der Waals surface area contributed by atoms with Gasteiger partial charge in [-0.2, -0.15) is 0 Å². The van der Waals surface area contributed by atoms with Crippen LogP contribution in [0.5, 0.6) is 0 Å². The SMILES string of the molecule is CC(C)CC(=O)NCCc1cnc(-c2ccccc2)[nH]1. The van der Waals surface area contributed by atoms with E-state index < -0.39 is 0 Å². The van der Waals surface area contributed by atoms with E-state index in [9.17, 15) is 4.79 Å². The number of amides is 1. The van der Waals surface area contributed by atoms with Gasteiger partial charge >= 0.3 is 0 Å². The zero-order valence-electron chi connectivity index (χ0n) is 12.0. The number of nitrogens with zero attached hydrogens (tertiary/aromatic N) is 1. The summed E-state index contributed by atoms with van der Waals surface area (Å²) in [6.45, 7) is 4.73. The molecule has 0 bridgehead atoms. The molecule has 2 rings (SSSR count). The highest BCUT2D eigenvalue weighted by molar-refractivity contribution is 5.76. The molecule has 2 N–H and O–H groups in total. The van der Waals surface area contributed by atoms with Crippen LogP contribution in [0.4, 0.5) is 0 Å². The Morgan fingerprint density at radius 2 is 2.05 bits per heavy atom. The lowest BCUT2D eigenvalue weighted by atomic mass is 10.1. The summed E-state index contributed by atoms with van der Waals surface area (Å²) in [4.78, 5) is 19.2. The van der Waals surface area contributed by atoms with Crippen molar-refractivity contribution in [2.45, 2.75) is 26.7 Å². The van der Waals surface area contributed by atoms with E-state index in [0.29, 0.717) is 18.9 Å². The molecule has 4 heteroatoms. The van der Waals surface area contributed by atoms with E-state index in [1.54, 1.807) is 0 Å². The molecule has 0 aliphatic heterocycles. The number of carbonyl (C=O) groups excluding carboxylic acids is 1. The smallest absolute Gasteiger partial charge is 0.220 e. The molecule has 20 heavy (non-hydrogen) atoms. The highest BCUT2D eigenvalue weighted by atomic mass is 16.1. The van der Waals surface area contributed by atoms with E-state index in [-0.39, 0.29) is 5.91 Å². The van der Waals surface area contributed by atoms with Crippen LogP contribution >= 0.6 is 0 Å². The average molecular weight is 271 g/mol. The topological polar surface area (TPSA) is 57.8 Å². The average Bonchev–Trinajstić information content (AvgIpc) is 2.88. The minimum absolute atomic E-state index is 0.114. The van der Waals surface area contributed by atoms with Crippen LogP contribution in [0, 0.1) is 5.92 Å². The quantitative estimate of drug-likeness (QED) is 0.848. The summed E-state index contributed by atoms with van der Waals surface area (Å²) in [5, 5.41) is 2.92. The maximum atomic E-state index is 11.5. The molecular weight excluding hydrogens is 250 g/mol. The predicted molar refractivity (Wildman–Crippen MR) is 80.2 cm³/mol. The van der Waals surface area contributed by atoms with Crippen LogP contribution in [0.1, 0.15) is 26.0 Å². The van der Waals surface area contributed by atoms with E-state index in [1.165, 1.54) is 0 Å². The first-order valence-electron chi connectivity index (χ1n) is 7.01. The number of rotatable bonds is 6. The molecule has 0 saturated heterocycles. The first-order chi connectivity index (χ1) is 9.65. The minimum Gasteiger partial charge on any atom is -0.356 e. The summed E-state index contributed by atoms with van der Waals surface area (Å²) >= 11 is 0. The summed E-state index contributed by atoms with van der Waals surface area (Å²) in [7, 11) is 0. The Balaban J connectivity index is 1.83. The molecule has 0 unspecified atom stereocenters. The first kappa shape index (κ1) is 14.3. The van der Waals surface area contributed by atoms with Gasteiger partial charge < -0.3 is 10.3 Å². The van der Waals surface area contributed by atoms with Crippen molar-refractivity contribution < 1.29 is 4.79 Å². The second-order valence-electron chi connectivity index (χ2n) is 5.32. The molecule has 1 amide bonds. The van der Waals surface area contributed by atoms with Crippen LogP contribution in [0.3, 0.4) is 0 Å². The molecule has 0 saturated carbocycles. The van der Waals surface area contributed by atoms with Crippen molar-refractivity contribution in [1.82, 2.24) is 15.3 Å². The Bertz CT molecular complexity index is 546. The largest absolute Gasteiger partial charge is 0.356 e. The van der Waals surface area contributed by atoms with Gasteiger partial charge in [0.15, 0.2) is 0 Å². The fourth-order valence-electron chi connectivity index (χ4n) is 2.01. The molecule has 0 fully saturated rings. The zero-order valence-corrected chi connectivity index (χ0v) is 12.0. The number of hydrogen-bond acceptors (Lipinski definition) is 2. The Morgan fingerprint density at radius 3 is 2.75 bits per heavy atom. The highest BCUT2D eigenvalue weighted by Crippen LogP contribution is 2.14. The number of aromatic nitrogens is 2. The van der Waals surface area contributed by atoms with Crippen LogP contribution in [0.25, 0.3) is 11.4 Å². The second-order valence-corrected chi connectivity index (χ2v) is 5.32. The number of aromatic amines is 1. The van der Waals surface area contributed by atoms with Crippen molar-refractivity contribution in [3.05, 3.63) is 42.2 Å². The summed E-state index contributed by atoms with van der Waals surface area (Å²) in [6, 6.07) is 10.0. The van der Waals surface area contributed by atoms with Gasteiger partial charge in [0.25, 0.3) is 0 Å². The first-order valence-corrected chi connectivity index (χ1v) is 7.01. The minimum atomic E-state index is 0.114. The molecule has 0 atom stereocenters. The monoisotopic (exact) mass is 271 g/mol. The Kier molecular flexibility index (Phi) is 4.93. The molecule has 0 spiro atoms. The summed E-state index contributed by atoms with van der Waals surface area (Å²) in [5.41, 5.74) is 2.11. The molecule has 1 aromatic carbocycles. The molecule has 4 nitrogen and oxygen atoms in total. The lowest BCUT2D eigenvalue weighted by Gasteiger charge is -2.06. The van der Waals surface area contributed by atoms with Gasteiger partial charge in [0.1, 0.15) is 5.82 Å². The fraction of sp³-hybridized carbons (Fsp3) is 0.375. The Morgan fingerprint density at radius 1 is 1.30 bits per heavy atom. The molecule has 1 aromatic heterocycles. The van der Waals surface area contributed by atoms with E-state index in [2.05, 4.69) is 15.3 Å².